The second-order valence-electron chi connectivity index (χ2n) is 7.10. The highest BCUT2D eigenvalue weighted by molar-refractivity contribution is 5.93. The Bertz CT molecular complexity index is 1200. The fourth-order valence-electron chi connectivity index (χ4n) is 3.24. The molecule has 0 aliphatic heterocycles. The van der Waals surface area contributed by atoms with Crippen molar-refractivity contribution in [3.8, 4) is 11.8 Å². The largest absolute Gasteiger partial charge is 0.455 e. The molecule has 0 saturated carbocycles. The average Bonchev–Trinajstić information content (AvgIpc) is 3.20. The number of aryl methyl sites for hydroxylation is 1. The quantitative estimate of drug-likeness (QED) is 0.452. The fourth-order valence-corrected chi connectivity index (χ4v) is 3.24. The molecule has 1 unspecified atom stereocenters. The molecule has 3 rings (SSSR count). The standard InChI is InChI=1S/C23H22N6O4/c1-15-7-5-6-10-18(15)19(27-23(25)32)11-21(31)33-14-20(30)28-22-16(12-24)13-26-29(22)17-8-3-2-4-9-17/h2-10,13,19H,11,14H2,1H3,(H,28,30)(H3,25,27,32). The number of para-hydroxylation sites is 1. The van der Waals surface area contributed by atoms with Gasteiger partial charge in [0.2, 0.25) is 0 Å². The lowest BCUT2D eigenvalue weighted by molar-refractivity contribution is -0.147. The number of nitrogens with zero attached hydrogens (tertiary/aromatic N) is 3. The number of urea groups is 1. The Kier molecular flexibility index (Phi) is 7.39. The first-order valence-corrected chi connectivity index (χ1v) is 9.99. The number of carbonyl (C=O) groups excluding carboxylic acids is 3. The van der Waals surface area contributed by atoms with Crippen LogP contribution in [-0.2, 0) is 14.3 Å². The Balaban J connectivity index is 1.65. The Morgan fingerprint density at radius 2 is 1.85 bits per heavy atom. The van der Waals surface area contributed by atoms with Gasteiger partial charge in [0.25, 0.3) is 5.91 Å². The van der Waals surface area contributed by atoms with Crippen LogP contribution in [0.2, 0.25) is 0 Å². The number of hydrogen-bond donors (Lipinski definition) is 3. The molecule has 10 heteroatoms. The van der Waals surface area contributed by atoms with Crippen molar-refractivity contribution in [3.05, 3.63) is 77.5 Å². The van der Waals surface area contributed by atoms with Gasteiger partial charge in [0.1, 0.15) is 11.6 Å². The number of esters is 1. The number of rotatable bonds is 8. The summed E-state index contributed by atoms with van der Waals surface area (Å²) in [7, 11) is 0. The van der Waals surface area contributed by atoms with Gasteiger partial charge in [-0.15, -0.1) is 0 Å². The molecule has 0 bridgehead atoms. The van der Waals surface area contributed by atoms with Crippen LogP contribution in [0.5, 0.6) is 0 Å². The van der Waals surface area contributed by atoms with Crippen LogP contribution in [0, 0.1) is 18.3 Å². The molecule has 2 aromatic carbocycles. The van der Waals surface area contributed by atoms with Gasteiger partial charge in [-0.25, -0.2) is 9.48 Å². The van der Waals surface area contributed by atoms with Crippen LogP contribution in [-0.4, -0.2) is 34.3 Å². The number of nitrogens with one attached hydrogen (secondary N) is 2. The van der Waals surface area contributed by atoms with Crippen LogP contribution >= 0.6 is 0 Å². The summed E-state index contributed by atoms with van der Waals surface area (Å²) in [4.78, 5) is 36.2. The average molecular weight is 446 g/mol. The summed E-state index contributed by atoms with van der Waals surface area (Å²) in [6.45, 7) is 1.26. The predicted octanol–water partition coefficient (Wildman–Crippen LogP) is 2.33. The van der Waals surface area contributed by atoms with Crippen LogP contribution in [0.4, 0.5) is 10.6 Å². The van der Waals surface area contributed by atoms with Crippen LogP contribution in [0.25, 0.3) is 5.69 Å². The van der Waals surface area contributed by atoms with E-state index >= 15 is 0 Å². The van der Waals surface area contributed by atoms with E-state index in [0.29, 0.717) is 11.3 Å². The number of amides is 3. The maximum Gasteiger partial charge on any atom is 0.312 e. The minimum atomic E-state index is -0.785. The van der Waals surface area contributed by atoms with Gasteiger partial charge >= 0.3 is 12.0 Å². The lowest BCUT2D eigenvalue weighted by Gasteiger charge is -2.19. The summed E-state index contributed by atoms with van der Waals surface area (Å²) < 4.78 is 6.50. The van der Waals surface area contributed by atoms with Crippen molar-refractivity contribution in [3.63, 3.8) is 0 Å². The van der Waals surface area contributed by atoms with Gasteiger partial charge in [-0.3, -0.25) is 9.59 Å². The minimum absolute atomic E-state index is 0.156. The second kappa shape index (κ2) is 10.6. The van der Waals surface area contributed by atoms with Crippen LogP contribution in [0.1, 0.15) is 29.2 Å². The number of anilines is 1. The second-order valence-corrected chi connectivity index (χ2v) is 7.10. The van der Waals surface area contributed by atoms with Crippen molar-refractivity contribution in [2.24, 2.45) is 5.73 Å². The first-order valence-electron chi connectivity index (χ1n) is 9.99. The molecule has 0 spiro atoms. The lowest BCUT2D eigenvalue weighted by atomic mass is 9.99. The smallest absolute Gasteiger partial charge is 0.312 e. The van der Waals surface area contributed by atoms with E-state index in [1.807, 2.05) is 31.2 Å². The van der Waals surface area contributed by atoms with Crippen molar-refractivity contribution in [1.82, 2.24) is 15.1 Å². The van der Waals surface area contributed by atoms with Gasteiger partial charge in [0, 0.05) is 0 Å². The molecular formula is C23H22N6O4. The zero-order valence-corrected chi connectivity index (χ0v) is 17.8. The molecule has 3 aromatic rings. The number of primary amides is 1. The van der Waals surface area contributed by atoms with Gasteiger partial charge in [0.15, 0.2) is 12.4 Å². The SMILES string of the molecule is Cc1ccccc1C(CC(=O)OCC(=O)Nc1c(C#N)cnn1-c1ccccc1)NC(N)=O. The van der Waals surface area contributed by atoms with Gasteiger partial charge in [-0.1, -0.05) is 42.5 Å². The lowest BCUT2D eigenvalue weighted by Crippen LogP contribution is -2.35. The van der Waals surface area contributed by atoms with E-state index in [2.05, 4.69) is 15.7 Å². The molecule has 168 valence electrons. The van der Waals surface area contributed by atoms with E-state index in [9.17, 15) is 19.6 Å². The maximum atomic E-state index is 12.4. The Labute approximate surface area is 190 Å². The van der Waals surface area contributed by atoms with E-state index in [4.69, 9.17) is 10.5 Å². The van der Waals surface area contributed by atoms with Crippen molar-refractivity contribution < 1.29 is 19.1 Å². The van der Waals surface area contributed by atoms with Gasteiger partial charge in [-0.05, 0) is 30.2 Å². The molecule has 33 heavy (non-hydrogen) atoms. The highest BCUT2D eigenvalue weighted by Gasteiger charge is 2.21. The van der Waals surface area contributed by atoms with Gasteiger partial charge < -0.3 is 21.1 Å². The summed E-state index contributed by atoms with van der Waals surface area (Å²) in [6, 6.07) is 16.6. The highest BCUT2D eigenvalue weighted by atomic mass is 16.5. The molecule has 10 nitrogen and oxygen atoms in total. The molecular weight excluding hydrogens is 424 g/mol. The van der Waals surface area contributed by atoms with E-state index in [-0.39, 0.29) is 17.8 Å². The van der Waals surface area contributed by atoms with E-state index in [0.717, 1.165) is 5.56 Å². The number of aromatic nitrogens is 2. The van der Waals surface area contributed by atoms with Gasteiger partial charge in [0.05, 0.1) is 24.3 Å². The molecule has 0 saturated heterocycles. The molecule has 0 fully saturated rings. The number of hydrogen-bond acceptors (Lipinski definition) is 6. The zero-order valence-electron chi connectivity index (χ0n) is 17.8. The van der Waals surface area contributed by atoms with Crippen molar-refractivity contribution in [2.75, 3.05) is 11.9 Å². The van der Waals surface area contributed by atoms with Gasteiger partial charge in [-0.2, -0.15) is 10.4 Å². The Morgan fingerprint density at radius 1 is 1.15 bits per heavy atom. The Hall–Kier alpha value is -4.65. The van der Waals surface area contributed by atoms with E-state index in [1.165, 1.54) is 10.9 Å². The normalized spacial score (nSPS) is 11.2. The third-order valence-electron chi connectivity index (χ3n) is 4.76. The topological polar surface area (TPSA) is 152 Å². The fraction of sp³-hybridized carbons (Fsp3) is 0.174. The predicted molar refractivity (Wildman–Crippen MR) is 119 cm³/mol. The summed E-state index contributed by atoms with van der Waals surface area (Å²) in [5.41, 5.74) is 7.62. The number of benzene rings is 2. The van der Waals surface area contributed by atoms with E-state index in [1.54, 1.807) is 36.4 Å². The monoisotopic (exact) mass is 446 g/mol. The first-order chi connectivity index (χ1) is 15.9. The van der Waals surface area contributed by atoms with Crippen LogP contribution < -0.4 is 16.4 Å². The number of ether oxygens (including phenoxy) is 1. The number of nitriles is 1. The third-order valence-corrected chi connectivity index (χ3v) is 4.76. The molecule has 0 radical (unpaired) electrons. The number of carbonyl (C=O) groups is 3. The molecule has 1 atom stereocenters. The summed E-state index contributed by atoms with van der Waals surface area (Å²) in [5.74, 6) is -1.19. The highest BCUT2D eigenvalue weighted by Crippen LogP contribution is 2.22. The molecule has 1 heterocycles. The molecule has 4 N–H and O–H groups in total. The first kappa shape index (κ1) is 23.0. The summed E-state index contributed by atoms with van der Waals surface area (Å²) in [5, 5.41) is 18.5. The molecule has 3 amide bonds. The van der Waals surface area contributed by atoms with Crippen molar-refractivity contribution in [2.45, 2.75) is 19.4 Å². The van der Waals surface area contributed by atoms with Crippen LogP contribution in [0.15, 0.2) is 60.8 Å². The van der Waals surface area contributed by atoms with E-state index < -0.39 is 30.6 Å². The Morgan fingerprint density at radius 3 is 2.52 bits per heavy atom. The zero-order chi connectivity index (χ0) is 23.8. The third kappa shape index (κ3) is 5.95. The molecule has 0 aliphatic carbocycles. The van der Waals surface area contributed by atoms with Crippen molar-refractivity contribution in [1.29, 1.82) is 5.26 Å². The number of nitrogens with two attached hydrogens (primary N) is 1. The summed E-state index contributed by atoms with van der Waals surface area (Å²) >= 11 is 0. The maximum absolute atomic E-state index is 12.4. The minimum Gasteiger partial charge on any atom is -0.455 e. The van der Waals surface area contributed by atoms with Crippen LogP contribution in [0.3, 0.4) is 0 Å². The summed E-state index contributed by atoms with van der Waals surface area (Å²) in [6.07, 6.45) is 1.11. The molecule has 1 aromatic heterocycles. The molecule has 0 aliphatic rings. The van der Waals surface area contributed by atoms with Crippen molar-refractivity contribution >= 4 is 23.7 Å².